The number of hydrogen-bond donors (Lipinski definition) is 1. The second-order valence-electron chi connectivity index (χ2n) is 4.41. The molecule has 0 saturated heterocycles. The molecular formula is C11H14ClN5O2S. The van der Waals surface area contributed by atoms with Gasteiger partial charge in [-0.05, 0) is 18.2 Å². The number of H-pyrrole nitrogens is 1. The van der Waals surface area contributed by atoms with Crippen LogP contribution in [0.1, 0.15) is 18.7 Å². The summed E-state index contributed by atoms with van der Waals surface area (Å²) < 4.78 is 26.0. The predicted octanol–water partition coefficient (Wildman–Crippen LogP) is 1.28. The molecule has 1 atom stereocenters. The van der Waals surface area contributed by atoms with Crippen LogP contribution in [0.5, 0.6) is 0 Å². The van der Waals surface area contributed by atoms with Crippen molar-refractivity contribution in [3.63, 3.8) is 0 Å². The van der Waals surface area contributed by atoms with Crippen molar-refractivity contribution < 1.29 is 8.42 Å². The minimum Gasteiger partial charge on any atom is -0.207 e. The van der Waals surface area contributed by atoms with Crippen molar-refractivity contribution in [2.75, 3.05) is 13.6 Å². The quantitative estimate of drug-likeness (QED) is 0.897. The summed E-state index contributed by atoms with van der Waals surface area (Å²) in [5, 5.41) is 13.9. The third-order valence-electron chi connectivity index (χ3n) is 2.84. The van der Waals surface area contributed by atoms with Gasteiger partial charge in [-0.3, -0.25) is 0 Å². The zero-order valence-corrected chi connectivity index (χ0v) is 12.6. The number of tetrazole rings is 1. The second kappa shape index (κ2) is 5.86. The van der Waals surface area contributed by atoms with Crippen molar-refractivity contribution in [1.82, 2.24) is 24.9 Å². The predicted molar refractivity (Wildman–Crippen MR) is 73.9 cm³/mol. The molecule has 9 heteroatoms. The molecule has 1 N–H and O–H groups in total. The summed E-state index contributed by atoms with van der Waals surface area (Å²) in [5.74, 6) is 0.297. The molecule has 0 aliphatic carbocycles. The summed E-state index contributed by atoms with van der Waals surface area (Å²) in [6, 6.07) is 6.16. The molecule has 0 radical (unpaired) electrons. The van der Waals surface area contributed by atoms with Crippen molar-refractivity contribution in [3.8, 4) is 0 Å². The molecule has 7 nitrogen and oxygen atoms in total. The number of aromatic nitrogens is 4. The van der Waals surface area contributed by atoms with Gasteiger partial charge in [-0.15, -0.1) is 10.2 Å². The minimum atomic E-state index is -3.58. The number of benzene rings is 1. The number of nitrogens with one attached hydrogen (secondary N) is 1. The zero-order chi connectivity index (χ0) is 14.8. The molecule has 1 aromatic carbocycles. The van der Waals surface area contributed by atoms with Crippen molar-refractivity contribution in [2.24, 2.45) is 0 Å². The van der Waals surface area contributed by atoms with Crippen LogP contribution in [-0.4, -0.2) is 46.9 Å². The van der Waals surface area contributed by atoms with Crippen molar-refractivity contribution in [2.45, 2.75) is 17.7 Å². The van der Waals surface area contributed by atoms with Crippen LogP contribution in [0.3, 0.4) is 0 Å². The Balaban J connectivity index is 2.17. The maximum atomic E-state index is 12.4. The highest BCUT2D eigenvalue weighted by Gasteiger charge is 2.24. The molecule has 0 fully saturated rings. The Hall–Kier alpha value is -1.51. The van der Waals surface area contributed by atoms with Gasteiger partial charge >= 0.3 is 0 Å². The van der Waals surface area contributed by atoms with E-state index in [-0.39, 0.29) is 17.4 Å². The van der Waals surface area contributed by atoms with Gasteiger partial charge in [0.2, 0.25) is 10.0 Å². The molecule has 2 aromatic rings. The van der Waals surface area contributed by atoms with E-state index in [1.807, 2.05) is 6.92 Å². The molecule has 1 aromatic heterocycles. The topological polar surface area (TPSA) is 91.8 Å². The zero-order valence-electron chi connectivity index (χ0n) is 11.0. The Labute approximate surface area is 122 Å². The summed E-state index contributed by atoms with van der Waals surface area (Å²) >= 11 is 5.83. The van der Waals surface area contributed by atoms with E-state index >= 15 is 0 Å². The molecule has 0 aliphatic rings. The molecule has 2 rings (SSSR count). The van der Waals surface area contributed by atoms with Crippen molar-refractivity contribution in [1.29, 1.82) is 0 Å². The number of likely N-dealkylation sites (N-methyl/N-ethyl adjacent to an activating group) is 1. The largest absolute Gasteiger partial charge is 0.242 e. The smallest absolute Gasteiger partial charge is 0.207 e. The van der Waals surface area contributed by atoms with Crippen LogP contribution in [0, 0.1) is 0 Å². The monoisotopic (exact) mass is 315 g/mol. The lowest BCUT2D eigenvalue weighted by atomic mass is 10.2. The third kappa shape index (κ3) is 3.14. The fraction of sp³-hybridized carbons (Fsp3) is 0.364. The molecule has 108 valence electrons. The van der Waals surface area contributed by atoms with Gasteiger partial charge in [0.05, 0.1) is 4.90 Å². The van der Waals surface area contributed by atoms with Gasteiger partial charge in [0.15, 0.2) is 5.82 Å². The Morgan fingerprint density at radius 2 is 2.20 bits per heavy atom. The average Bonchev–Trinajstić information content (AvgIpc) is 2.92. The van der Waals surface area contributed by atoms with E-state index in [4.69, 9.17) is 11.6 Å². The molecule has 20 heavy (non-hydrogen) atoms. The van der Waals surface area contributed by atoms with E-state index in [0.29, 0.717) is 10.8 Å². The molecule has 0 amide bonds. The van der Waals surface area contributed by atoms with Crippen LogP contribution in [0.4, 0.5) is 0 Å². The maximum Gasteiger partial charge on any atom is 0.242 e. The van der Waals surface area contributed by atoms with Crippen LogP contribution in [0.25, 0.3) is 0 Å². The lowest BCUT2D eigenvalue weighted by Gasteiger charge is -2.19. The average molecular weight is 316 g/mol. The van der Waals surface area contributed by atoms with Crippen LogP contribution in [0.2, 0.25) is 5.02 Å². The first-order chi connectivity index (χ1) is 9.41. The maximum absolute atomic E-state index is 12.4. The van der Waals surface area contributed by atoms with E-state index in [1.165, 1.54) is 23.5 Å². The molecule has 0 unspecified atom stereocenters. The number of sulfonamides is 1. The molecular weight excluding hydrogens is 302 g/mol. The highest BCUT2D eigenvalue weighted by molar-refractivity contribution is 7.89. The summed E-state index contributed by atoms with van der Waals surface area (Å²) in [4.78, 5) is 0.160. The molecule has 0 bridgehead atoms. The van der Waals surface area contributed by atoms with Gasteiger partial charge in [0, 0.05) is 24.5 Å². The van der Waals surface area contributed by atoms with Gasteiger partial charge in [0.1, 0.15) is 0 Å². The fourth-order valence-corrected chi connectivity index (χ4v) is 3.31. The Morgan fingerprint density at radius 3 is 2.80 bits per heavy atom. The first-order valence-corrected chi connectivity index (χ1v) is 7.68. The second-order valence-corrected chi connectivity index (χ2v) is 6.90. The normalized spacial score (nSPS) is 13.6. The summed E-state index contributed by atoms with van der Waals surface area (Å²) in [7, 11) is -2.08. The number of halogens is 1. The lowest BCUT2D eigenvalue weighted by molar-refractivity contribution is 0.439. The minimum absolute atomic E-state index is 0.160. The molecule has 0 aliphatic heterocycles. The SMILES string of the molecule is C[C@H](CN(C)S(=O)(=O)c1cccc(Cl)c1)c1nn[nH]n1. The molecule has 0 spiro atoms. The summed E-state index contributed by atoms with van der Waals surface area (Å²) in [6.45, 7) is 2.07. The Kier molecular flexibility index (Phi) is 4.36. The standard InChI is InChI=1S/C11H14ClN5O2S/c1-8(11-13-15-16-14-11)7-17(2)20(18,19)10-5-3-4-9(12)6-10/h3-6,8H,7H2,1-2H3,(H,13,14,15,16)/t8-/m1/s1. The van der Waals surface area contributed by atoms with Gasteiger partial charge in [-0.2, -0.15) is 5.21 Å². The van der Waals surface area contributed by atoms with E-state index in [1.54, 1.807) is 12.1 Å². The molecule has 0 saturated carbocycles. The highest BCUT2D eigenvalue weighted by Crippen LogP contribution is 2.20. The van der Waals surface area contributed by atoms with Gasteiger partial charge < -0.3 is 0 Å². The number of aromatic amines is 1. The van der Waals surface area contributed by atoms with E-state index in [9.17, 15) is 8.42 Å². The number of nitrogens with zero attached hydrogens (tertiary/aromatic N) is 4. The Bertz CT molecular complexity index is 674. The van der Waals surface area contributed by atoms with E-state index in [2.05, 4.69) is 20.6 Å². The summed E-state index contributed by atoms with van der Waals surface area (Å²) in [6.07, 6.45) is 0. The van der Waals surface area contributed by atoms with Crippen LogP contribution >= 0.6 is 11.6 Å². The van der Waals surface area contributed by atoms with Gasteiger partial charge in [0.25, 0.3) is 0 Å². The highest BCUT2D eigenvalue weighted by atomic mass is 35.5. The van der Waals surface area contributed by atoms with Crippen molar-refractivity contribution in [3.05, 3.63) is 35.1 Å². The first-order valence-electron chi connectivity index (χ1n) is 5.86. The molecule has 1 heterocycles. The van der Waals surface area contributed by atoms with Gasteiger partial charge in [-0.1, -0.05) is 29.8 Å². The number of rotatable bonds is 5. The van der Waals surface area contributed by atoms with Crippen LogP contribution in [-0.2, 0) is 10.0 Å². The fourth-order valence-electron chi connectivity index (χ4n) is 1.75. The van der Waals surface area contributed by atoms with Crippen LogP contribution in [0.15, 0.2) is 29.2 Å². The first kappa shape index (κ1) is 14.9. The van der Waals surface area contributed by atoms with E-state index in [0.717, 1.165) is 0 Å². The third-order valence-corrected chi connectivity index (χ3v) is 4.89. The van der Waals surface area contributed by atoms with E-state index < -0.39 is 10.0 Å². The lowest BCUT2D eigenvalue weighted by Crippen LogP contribution is -2.30. The number of hydrogen-bond acceptors (Lipinski definition) is 5. The van der Waals surface area contributed by atoms with Gasteiger partial charge in [-0.25, -0.2) is 12.7 Å². The Morgan fingerprint density at radius 1 is 1.45 bits per heavy atom. The van der Waals surface area contributed by atoms with Crippen molar-refractivity contribution >= 4 is 21.6 Å². The summed E-state index contributed by atoms with van der Waals surface area (Å²) in [5.41, 5.74) is 0. The van der Waals surface area contributed by atoms with Crippen LogP contribution < -0.4 is 0 Å².